The Kier molecular flexibility index (Phi) is 4.51. The summed E-state index contributed by atoms with van der Waals surface area (Å²) in [5.41, 5.74) is -1.38. The van der Waals surface area contributed by atoms with E-state index in [1.807, 2.05) is 13.8 Å². The molecule has 0 fully saturated rings. The lowest BCUT2D eigenvalue weighted by Gasteiger charge is -2.07. The highest BCUT2D eigenvalue weighted by atomic mass is 16.6. The molecule has 0 aliphatic carbocycles. The number of benzene rings is 1. The minimum absolute atomic E-state index is 0.0843. The van der Waals surface area contributed by atoms with E-state index in [1.54, 1.807) is 0 Å². The molecule has 0 saturated carbocycles. The number of nitro groups is 2. The lowest BCUT2D eigenvalue weighted by molar-refractivity contribution is -0.394. The predicted octanol–water partition coefficient (Wildman–Crippen LogP) is 2.32. The molecule has 0 bridgehead atoms. The highest BCUT2D eigenvalue weighted by Gasteiger charge is 2.25. The van der Waals surface area contributed by atoms with Gasteiger partial charge in [-0.1, -0.05) is 13.8 Å². The van der Waals surface area contributed by atoms with E-state index in [0.717, 1.165) is 18.2 Å². The second kappa shape index (κ2) is 5.89. The van der Waals surface area contributed by atoms with Crippen LogP contribution < -0.4 is 0 Å². The van der Waals surface area contributed by atoms with Crippen molar-refractivity contribution in [2.24, 2.45) is 5.92 Å². The predicted molar refractivity (Wildman–Crippen MR) is 64.9 cm³/mol. The quantitative estimate of drug-likeness (QED) is 0.460. The first kappa shape index (κ1) is 14.6. The van der Waals surface area contributed by atoms with Crippen molar-refractivity contribution >= 4 is 17.3 Å². The Morgan fingerprint density at radius 1 is 1.26 bits per heavy atom. The third kappa shape index (κ3) is 3.73. The first-order valence-electron chi connectivity index (χ1n) is 5.43. The van der Waals surface area contributed by atoms with Crippen molar-refractivity contribution in [3.8, 4) is 0 Å². The van der Waals surface area contributed by atoms with E-state index in [0.29, 0.717) is 0 Å². The van der Waals surface area contributed by atoms with Gasteiger partial charge in [0.15, 0.2) is 0 Å². The van der Waals surface area contributed by atoms with Crippen LogP contribution in [0.5, 0.6) is 0 Å². The number of nitro benzene ring substituents is 2. The highest BCUT2D eigenvalue weighted by molar-refractivity contribution is 5.94. The molecule has 0 saturated heterocycles. The summed E-state index contributed by atoms with van der Waals surface area (Å²) < 4.78 is 4.87. The standard InChI is InChI=1S/C11H12N2O6/c1-7(2)6-19-11(14)9-4-3-8(12(15)16)5-10(9)13(17)18/h3-5,7H,6H2,1-2H3. The molecule has 0 radical (unpaired) electrons. The lowest BCUT2D eigenvalue weighted by atomic mass is 10.1. The van der Waals surface area contributed by atoms with Gasteiger partial charge >= 0.3 is 5.97 Å². The van der Waals surface area contributed by atoms with Gasteiger partial charge in [-0.25, -0.2) is 4.79 Å². The molecule has 0 spiro atoms. The maximum atomic E-state index is 11.7. The van der Waals surface area contributed by atoms with Gasteiger partial charge in [0.2, 0.25) is 0 Å². The lowest BCUT2D eigenvalue weighted by Crippen LogP contribution is -2.12. The van der Waals surface area contributed by atoms with Crippen molar-refractivity contribution in [1.29, 1.82) is 0 Å². The number of hydrogen-bond donors (Lipinski definition) is 0. The number of nitrogens with zero attached hydrogens (tertiary/aromatic N) is 2. The molecule has 0 N–H and O–H groups in total. The van der Waals surface area contributed by atoms with Crippen molar-refractivity contribution in [1.82, 2.24) is 0 Å². The molecular formula is C11H12N2O6. The van der Waals surface area contributed by atoms with Gasteiger partial charge in [0, 0.05) is 6.07 Å². The van der Waals surface area contributed by atoms with Crippen LogP contribution in [-0.2, 0) is 4.74 Å². The van der Waals surface area contributed by atoms with Crippen LogP contribution in [0.15, 0.2) is 18.2 Å². The van der Waals surface area contributed by atoms with E-state index in [2.05, 4.69) is 0 Å². The summed E-state index contributed by atoms with van der Waals surface area (Å²) in [6.07, 6.45) is 0. The van der Waals surface area contributed by atoms with Crippen LogP contribution in [0.2, 0.25) is 0 Å². The van der Waals surface area contributed by atoms with Gasteiger partial charge in [0.1, 0.15) is 5.56 Å². The molecule has 0 aliphatic heterocycles. The topological polar surface area (TPSA) is 113 Å². The summed E-state index contributed by atoms with van der Waals surface area (Å²) in [5, 5.41) is 21.4. The average Bonchev–Trinajstić information content (AvgIpc) is 2.34. The SMILES string of the molecule is CC(C)COC(=O)c1ccc([N+](=O)[O-])cc1[N+](=O)[O-]. The van der Waals surface area contributed by atoms with Gasteiger partial charge in [-0.15, -0.1) is 0 Å². The molecule has 8 nitrogen and oxygen atoms in total. The van der Waals surface area contributed by atoms with Crippen LogP contribution in [-0.4, -0.2) is 22.4 Å². The van der Waals surface area contributed by atoms with Gasteiger partial charge in [-0.05, 0) is 12.0 Å². The molecule has 19 heavy (non-hydrogen) atoms. The van der Waals surface area contributed by atoms with Crippen molar-refractivity contribution in [2.45, 2.75) is 13.8 Å². The molecule has 1 rings (SSSR count). The van der Waals surface area contributed by atoms with Gasteiger partial charge < -0.3 is 4.74 Å². The van der Waals surface area contributed by atoms with Gasteiger partial charge in [-0.3, -0.25) is 20.2 Å². The van der Waals surface area contributed by atoms with Crippen LogP contribution in [0.3, 0.4) is 0 Å². The number of ether oxygens (including phenoxy) is 1. The van der Waals surface area contributed by atoms with Crippen molar-refractivity contribution in [2.75, 3.05) is 6.61 Å². The number of esters is 1. The molecule has 1 aromatic rings. The Bertz CT molecular complexity index is 526. The Labute approximate surface area is 108 Å². The monoisotopic (exact) mass is 268 g/mol. The second-order valence-electron chi connectivity index (χ2n) is 4.21. The summed E-state index contributed by atoms with van der Waals surface area (Å²) in [5.74, 6) is -0.781. The zero-order chi connectivity index (χ0) is 14.6. The van der Waals surface area contributed by atoms with Crippen molar-refractivity contribution in [3.63, 3.8) is 0 Å². The fourth-order valence-corrected chi connectivity index (χ4v) is 1.28. The van der Waals surface area contributed by atoms with Crippen molar-refractivity contribution < 1.29 is 19.4 Å². The third-order valence-electron chi connectivity index (χ3n) is 2.16. The molecular weight excluding hydrogens is 256 g/mol. The number of rotatable bonds is 5. The molecule has 0 unspecified atom stereocenters. The first-order valence-corrected chi connectivity index (χ1v) is 5.43. The van der Waals surface area contributed by atoms with E-state index in [9.17, 15) is 25.0 Å². The van der Waals surface area contributed by atoms with Gasteiger partial charge in [0.25, 0.3) is 11.4 Å². The number of carbonyl (C=O) groups excluding carboxylic acids is 1. The normalized spacial score (nSPS) is 10.3. The van der Waals surface area contributed by atoms with Crippen LogP contribution in [0.4, 0.5) is 11.4 Å². The van der Waals surface area contributed by atoms with Crippen LogP contribution in [0, 0.1) is 26.1 Å². The zero-order valence-electron chi connectivity index (χ0n) is 10.4. The molecule has 0 aromatic heterocycles. The van der Waals surface area contributed by atoms with Crippen LogP contribution in [0.25, 0.3) is 0 Å². The number of carbonyl (C=O) groups is 1. The minimum atomic E-state index is -0.865. The summed E-state index contributed by atoms with van der Waals surface area (Å²) in [6.45, 7) is 3.75. The van der Waals surface area contributed by atoms with Gasteiger partial charge in [0.05, 0.1) is 22.5 Å². The first-order chi connectivity index (χ1) is 8.82. The van der Waals surface area contributed by atoms with E-state index >= 15 is 0 Å². The number of hydrogen-bond acceptors (Lipinski definition) is 6. The molecule has 0 atom stereocenters. The van der Waals surface area contributed by atoms with E-state index in [1.165, 1.54) is 0 Å². The zero-order valence-corrected chi connectivity index (χ0v) is 10.4. The van der Waals surface area contributed by atoms with E-state index < -0.39 is 27.2 Å². The largest absolute Gasteiger partial charge is 0.462 e. The average molecular weight is 268 g/mol. The summed E-state index contributed by atoms with van der Waals surface area (Å²) in [4.78, 5) is 31.4. The van der Waals surface area contributed by atoms with Gasteiger partial charge in [-0.2, -0.15) is 0 Å². The van der Waals surface area contributed by atoms with Crippen LogP contribution in [0.1, 0.15) is 24.2 Å². The van der Waals surface area contributed by atoms with E-state index in [4.69, 9.17) is 4.74 Å². The fraction of sp³-hybridized carbons (Fsp3) is 0.364. The molecule has 1 aromatic carbocycles. The smallest absolute Gasteiger partial charge is 0.345 e. The molecule has 102 valence electrons. The Balaban J connectivity index is 3.09. The summed E-state index contributed by atoms with van der Waals surface area (Å²) in [7, 11) is 0. The molecule has 0 heterocycles. The third-order valence-corrected chi connectivity index (χ3v) is 2.16. The Morgan fingerprint density at radius 2 is 1.89 bits per heavy atom. The fourth-order valence-electron chi connectivity index (χ4n) is 1.28. The maximum Gasteiger partial charge on any atom is 0.345 e. The molecule has 8 heteroatoms. The minimum Gasteiger partial charge on any atom is -0.462 e. The summed E-state index contributed by atoms with van der Waals surface area (Å²) in [6, 6.07) is 2.80. The summed E-state index contributed by atoms with van der Waals surface area (Å²) >= 11 is 0. The van der Waals surface area contributed by atoms with E-state index in [-0.39, 0.29) is 18.1 Å². The highest BCUT2D eigenvalue weighted by Crippen LogP contribution is 2.25. The molecule has 0 aliphatic rings. The maximum absolute atomic E-state index is 11.7. The molecule has 0 amide bonds. The number of non-ortho nitro benzene ring substituents is 1. The second-order valence-corrected chi connectivity index (χ2v) is 4.21. The Morgan fingerprint density at radius 3 is 2.37 bits per heavy atom. The van der Waals surface area contributed by atoms with Crippen LogP contribution >= 0.6 is 0 Å². The Hall–Kier alpha value is -2.51. The van der Waals surface area contributed by atoms with Crippen molar-refractivity contribution in [3.05, 3.63) is 44.0 Å².